The molecule has 0 saturated carbocycles. The van der Waals surface area contributed by atoms with Crippen LogP contribution in [-0.2, 0) is 9.59 Å². The number of rotatable bonds is 6. The summed E-state index contributed by atoms with van der Waals surface area (Å²) in [6.07, 6.45) is 1.38. The maximum absolute atomic E-state index is 13.4. The van der Waals surface area contributed by atoms with Crippen molar-refractivity contribution in [3.8, 4) is 0 Å². The summed E-state index contributed by atoms with van der Waals surface area (Å²) in [4.78, 5) is 39.3. The van der Waals surface area contributed by atoms with E-state index >= 15 is 0 Å². The first-order valence-electron chi connectivity index (χ1n) is 10.5. The van der Waals surface area contributed by atoms with E-state index in [2.05, 4.69) is 20.9 Å². The average molecular weight is 459 g/mol. The second kappa shape index (κ2) is 9.67. The predicted molar refractivity (Wildman–Crippen MR) is 119 cm³/mol. The van der Waals surface area contributed by atoms with E-state index in [9.17, 15) is 18.8 Å². The number of para-hydroxylation sites is 1. The minimum absolute atomic E-state index is 0.00129. The zero-order chi connectivity index (χ0) is 22.7. The molecule has 2 aliphatic rings. The smallest absolute Gasteiger partial charge is 0.251 e. The van der Waals surface area contributed by atoms with E-state index in [-0.39, 0.29) is 46.4 Å². The van der Waals surface area contributed by atoms with Crippen molar-refractivity contribution in [1.82, 2.24) is 15.5 Å². The van der Waals surface area contributed by atoms with Gasteiger partial charge in [-0.05, 0) is 43.2 Å². The van der Waals surface area contributed by atoms with Gasteiger partial charge in [-0.1, -0.05) is 29.8 Å². The summed E-state index contributed by atoms with van der Waals surface area (Å²) >= 11 is 5.77. The number of halogens is 2. The van der Waals surface area contributed by atoms with Gasteiger partial charge in [-0.3, -0.25) is 19.3 Å². The molecule has 3 atom stereocenters. The number of hydrogen-bond acceptors (Lipinski definition) is 4. The number of anilines is 1. The highest BCUT2D eigenvalue weighted by molar-refractivity contribution is 6.31. The number of nitrogens with one attached hydrogen (secondary N) is 3. The van der Waals surface area contributed by atoms with Gasteiger partial charge in [-0.25, -0.2) is 4.39 Å². The standard InChI is InChI=1S/C23H24ClFN4O3/c24-18-10-14(6-8-19(18)25)22(31)28-16-11-20-23(32)26-12-17(29(20)13-16)7-9-21(30)27-15-4-2-1-3-5-15/h1-6,8,10,16-17,20H,7,9,11-13H2,(H,26,32)(H,27,30)(H,28,31). The summed E-state index contributed by atoms with van der Waals surface area (Å²) < 4.78 is 13.4. The number of benzene rings is 2. The Morgan fingerprint density at radius 1 is 1.19 bits per heavy atom. The molecule has 2 aromatic carbocycles. The van der Waals surface area contributed by atoms with E-state index in [1.807, 2.05) is 30.3 Å². The van der Waals surface area contributed by atoms with E-state index in [1.165, 1.54) is 12.1 Å². The summed E-state index contributed by atoms with van der Waals surface area (Å²) in [6.45, 7) is 0.964. The molecule has 0 bridgehead atoms. The van der Waals surface area contributed by atoms with Crippen molar-refractivity contribution in [3.05, 3.63) is 64.9 Å². The molecule has 0 radical (unpaired) electrons. The van der Waals surface area contributed by atoms with Gasteiger partial charge in [-0.15, -0.1) is 0 Å². The highest BCUT2D eigenvalue weighted by Crippen LogP contribution is 2.26. The fourth-order valence-corrected chi connectivity index (χ4v) is 4.48. The number of amides is 3. The molecule has 4 rings (SSSR count). The van der Waals surface area contributed by atoms with Crippen LogP contribution >= 0.6 is 11.6 Å². The third kappa shape index (κ3) is 5.08. The van der Waals surface area contributed by atoms with E-state index in [1.54, 1.807) is 0 Å². The molecule has 2 aliphatic heterocycles. The molecule has 168 valence electrons. The lowest BCUT2D eigenvalue weighted by atomic mass is 10.0. The molecule has 2 saturated heterocycles. The zero-order valence-corrected chi connectivity index (χ0v) is 18.1. The number of fused-ring (bicyclic) bond motifs is 1. The third-order valence-electron chi connectivity index (χ3n) is 5.90. The monoisotopic (exact) mass is 458 g/mol. The first-order chi connectivity index (χ1) is 15.4. The van der Waals surface area contributed by atoms with Gasteiger partial charge in [0.05, 0.1) is 11.1 Å². The topological polar surface area (TPSA) is 90.5 Å². The van der Waals surface area contributed by atoms with Crippen molar-refractivity contribution < 1.29 is 18.8 Å². The summed E-state index contributed by atoms with van der Waals surface area (Å²) in [5.74, 6) is -1.11. The molecule has 0 aromatic heterocycles. The Morgan fingerprint density at radius 3 is 2.72 bits per heavy atom. The van der Waals surface area contributed by atoms with Gasteiger partial charge in [0.15, 0.2) is 0 Å². The summed E-state index contributed by atoms with van der Waals surface area (Å²) in [5, 5.41) is 8.58. The highest BCUT2D eigenvalue weighted by Gasteiger charge is 2.43. The zero-order valence-electron chi connectivity index (χ0n) is 17.3. The molecule has 0 aliphatic carbocycles. The molecular weight excluding hydrogens is 435 g/mol. The number of carbonyl (C=O) groups is 3. The molecule has 3 unspecified atom stereocenters. The molecule has 3 amide bonds. The lowest BCUT2D eigenvalue weighted by Gasteiger charge is -2.37. The average Bonchev–Trinajstić information content (AvgIpc) is 3.20. The van der Waals surface area contributed by atoms with Crippen molar-refractivity contribution in [2.75, 3.05) is 18.4 Å². The fourth-order valence-electron chi connectivity index (χ4n) is 4.30. The molecule has 9 heteroatoms. The number of nitrogens with zero attached hydrogens (tertiary/aromatic N) is 1. The van der Waals surface area contributed by atoms with Crippen LogP contribution in [0.5, 0.6) is 0 Å². The SMILES string of the molecule is O=C(CCC1CNC(=O)C2CC(NC(=O)c3ccc(F)c(Cl)c3)CN12)Nc1ccccc1. The minimum Gasteiger partial charge on any atom is -0.353 e. The Kier molecular flexibility index (Phi) is 6.72. The van der Waals surface area contributed by atoms with Crippen LogP contribution in [0.15, 0.2) is 48.5 Å². The van der Waals surface area contributed by atoms with Crippen LogP contribution in [0, 0.1) is 5.82 Å². The Morgan fingerprint density at radius 2 is 1.97 bits per heavy atom. The van der Waals surface area contributed by atoms with Crippen LogP contribution in [0.4, 0.5) is 10.1 Å². The molecule has 32 heavy (non-hydrogen) atoms. The first kappa shape index (κ1) is 22.2. The van der Waals surface area contributed by atoms with Crippen molar-refractivity contribution in [1.29, 1.82) is 0 Å². The quantitative estimate of drug-likeness (QED) is 0.620. The van der Waals surface area contributed by atoms with E-state index in [0.717, 1.165) is 11.8 Å². The van der Waals surface area contributed by atoms with Crippen LogP contribution in [0.2, 0.25) is 5.02 Å². The van der Waals surface area contributed by atoms with Crippen LogP contribution < -0.4 is 16.0 Å². The van der Waals surface area contributed by atoms with Gasteiger partial charge in [0.25, 0.3) is 5.91 Å². The summed E-state index contributed by atoms with van der Waals surface area (Å²) in [6, 6.07) is 12.5. The van der Waals surface area contributed by atoms with Crippen molar-refractivity contribution in [2.24, 2.45) is 0 Å². The lowest BCUT2D eigenvalue weighted by molar-refractivity contribution is -0.129. The molecule has 3 N–H and O–H groups in total. The second-order valence-corrected chi connectivity index (χ2v) is 8.51. The van der Waals surface area contributed by atoms with Crippen LogP contribution in [0.1, 0.15) is 29.6 Å². The van der Waals surface area contributed by atoms with Crippen LogP contribution in [0.25, 0.3) is 0 Å². The second-order valence-electron chi connectivity index (χ2n) is 8.10. The number of carbonyl (C=O) groups excluding carboxylic acids is 3. The lowest BCUT2D eigenvalue weighted by Crippen LogP contribution is -2.57. The van der Waals surface area contributed by atoms with Gasteiger partial charge in [-0.2, -0.15) is 0 Å². The van der Waals surface area contributed by atoms with Gasteiger partial charge >= 0.3 is 0 Å². The van der Waals surface area contributed by atoms with E-state index < -0.39 is 5.82 Å². The Hall–Kier alpha value is -2.97. The van der Waals surface area contributed by atoms with E-state index in [4.69, 9.17) is 11.6 Å². The summed E-state index contributed by atoms with van der Waals surface area (Å²) in [5.41, 5.74) is 1.01. The number of piperazine rings is 1. The Balaban J connectivity index is 1.34. The van der Waals surface area contributed by atoms with Gasteiger partial charge < -0.3 is 16.0 Å². The minimum atomic E-state index is -0.586. The van der Waals surface area contributed by atoms with Crippen molar-refractivity contribution >= 4 is 35.0 Å². The normalized spacial score (nSPS) is 22.7. The maximum Gasteiger partial charge on any atom is 0.251 e. The molecule has 0 spiro atoms. The first-order valence-corrected chi connectivity index (χ1v) is 10.9. The van der Waals surface area contributed by atoms with Gasteiger partial charge in [0.2, 0.25) is 11.8 Å². The largest absolute Gasteiger partial charge is 0.353 e. The van der Waals surface area contributed by atoms with Gasteiger partial charge in [0.1, 0.15) is 5.82 Å². The van der Waals surface area contributed by atoms with Crippen LogP contribution in [0.3, 0.4) is 0 Å². The molecule has 2 heterocycles. The molecule has 7 nitrogen and oxygen atoms in total. The van der Waals surface area contributed by atoms with Gasteiger partial charge in [0, 0.05) is 42.8 Å². The molecular formula is C23H24ClFN4O3. The summed E-state index contributed by atoms with van der Waals surface area (Å²) in [7, 11) is 0. The predicted octanol–water partition coefficient (Wildman–Crippen LogP) is 2.57. The third-order valence-corrected chi connectivity index (χ3v) is 6.19. The maximum atomic E-state index is 13.4. The van der Waals surface area contributed by atoms with Crippen molar-refractivity contribution in [2.45, 2.75) is 37.4 Å². The molecule has 2 fully saturated rings. The fraction of sp³-hybridized carbons (Fsp3) is 0.348. The highest BCUT2D eigenvalue weighted by atomic mass is 35.5. The number of hydrogen-bond donors (Lipinski definition) is 3. The Labute approximate surface area is 190 Å². The van der Waals surface area contributed by atoms with Crippen molar-refractivity contribution in [3.63, 3.8) is 0 Å². The Bertz CT molecular complexity index is 1020. The van der Waals surface area contributed by atoms with Crippen LogP contribution in [-0.4, -0.2) is 53.8 Å². The molecule has 2 aromatic rings. The van der Waals surface area contributed by atoms with E-state index in [0.29, 0.717) is 32.4 Å².